The summed E-state index contributed by atoms with van der Waals surface area (Å²) < 4.78 is 10.5. The van der Waals surface area contributed by atoms with E-state index in [9.17, 15) is 14.9 Å². The van der Waals surface area contributed by atoms with Gasteiger partial charge in [0.25, 0.3) is 0 Å². The molecule has 0 spiro atoms. The SMILES string of the molecule is Cc1cc(OCC(=O)OCC(=O)/C(C#N)=C2\Sc3ccccc3N2C)ccc1C(C)C. The van der Waals surface area contributed by atoms with Gasteiger partial charge < -0.3 is 14.4 Å². The molecule has 2 aromatic carbocycles. The molecule has 1 aliphatic rings. The monoisotopic (exact) mass is 436 g/mol. The molecule has 3 rings (SSSR count). The maximum Gasteiger partial charge on any atom is 0.344 e. The third kappa shape index (κ3) is 5.09. The number of aryl methyl sites for hydroxylation is 1. The van der Waals surface area contributed by atoms with Crippen LogP contribution in [0.15, 0.2) is 58.0 Å². The van der Waals surface area contributed by atoms with Crippen molar-refractivity contribution in [2.75, 3.05) is 25.2 Å². The Kier molecular flexibility index (Phi) is 7.03. The average molecular weight is 437 g/mol. The lowest BCUT2D eigenvalue weighted by Crippen LogP contribution is -2.22. The Hall–Kier alpha value is -3.24. The van der Waals surface area contributed by atoms with Crippen molar-refractivity contribution >= 4 is 29.2 Å². The summed E-state index contributed by atoms with van der Waals surface area (Å²) in [5.74, 6) is -0.253. The zero-order valence-corrected chi connectivity index (χ0v) is 18.8. The predicted molar refractivity (Wildman–Crippen MR) is 120 cm³/mol. The first-order valence-corrected chi connectivity index (χ1v) is 10.7. The molecule has 6 nitrogen and oxygen atoms in total. The predicted octanol–water partition coefficient (Wildman–Crippen LogP) is 4.59. The van der Waals surface area contributed by atoms with Crippen LogP contribution in [-0.4, -0.2) is 32.0 Å². The van der Waals surface area contributed by atoms with E-state index in [-0.39, 0.29) is 12.2 Å². The molecular weight excluding hydrogens is 412 g/mol. The van der Waals surface area contributed by atoms with Crippen LogP contribution < -0.4 is 9.64 Å². The van der Waals surface area contributed by atoms with Gasteiger partial charge in [0.2, 0.25) is 5.78 Å². The summed E-state index contributed by atoms with van der Waals surface area (Å²) in [4.78, 5) is 27.3. The number of carbonyl (C=O) groups is 2. The van der Waals surface area contributed by atoms with Gasteiger partial charge in [-0.05, 0) is 48.2 Å². The van der Waals surface area contributed by atoms with Gasteiger partial charge >= 0.3 is 5.97 Å². The van der Waals surface area contributed by atoms with Crippen molar-refractivity contribution < 1.29 is 19.1 Å². The lowest BCUT2D eigenvalue weighted by atomic mass is 9.98. The number of hydrogen-bond acceptors (Lipinski definition) is 7. The van der Waals surface area contributed by atoms with E-state index in [1.807, 2.05) is 55.5 Å². The molecule has 0 saturated carbocycles. The highest BCUT2D eigenvalue weighted by atomic mass is 32.2. The van der Waals surface area contributed by atoms with Crippen molar-refractivity contribution in [3.05, 3.63) is 64.2 Å². The summed E-state index contributed by atoms with van der Waals surface area (Å²) in [5, 5.41) is 10.1. The van der Waals surface area contributed by atoms with Crippen LogP contribution in [0.5, 0.6) is 5.75 Å². The summed E-state index contributed by atoms with van der Waals surface area (Å²) in [6.07, 6.45) is 0. The molecule has 0 aromatic heterocycles. The van der Waals surface area contributed by atoms with E-state index in [4.69, 9.17) is 9.47 Å². The first-order chi connectivity index (χ1) is 14.8. The largest absolute Gasteiger partial charge is 0.482 e. The van der Waals surface area contributed by atoms with Crippen molar-refractivity contribution in [3.8, 4) is 11.8 Å². The van der Waals surface area contributed by atoms with Gasteiger partial charge in [0.05, 0.1) is 5.69 Å². The standard InChI is InChI=1S/C24H24N2O4S/c1-15(2)18-10-9-17(11-16(18)3)29-14-23(28)30-13-21(27)19(12-25)24-26(4)20-7-5-6-8-22(20)31-24/h5-11,15H,13-14H2,1-4H3/b24-19-. The highest BCUT2D eigenvalue weighted by Gasteiger charge is 2.28. The van der Waals surface area contributed by atoms with Gasteiger partial charge in [-0.3, -0.25) is 4.79 Å². The van der Waals surface area contributed by atoms with Crippen molar-refractivity contribution in [3.63, 3.8) is 0 Å². The van der Waals surface area contributed by atoms with Crippen molar-refractivity contribution in [2.45, 2.75) is 31.6 Å². The highest BCUT2D eigenvalue weighted by molar-refractivity contribution is 8.03. The van der Waals surface area contributed by atoms with Crippen LogP contribution in [0.1, 0.15) is 30.9 Å². The van der Waals surface area contributed by atoms with Crippen LogP contribution in [0, 0.1) is 18.3 Å². The van der Waals surface area contributed by atoms with E-state index >= 15 is 0 Å². The third-order valence-electron chi connectivity index (χ3n) is 4.93. The molecule has 0 unspecified atom stereocenters. The van der Waals surface area contributed by atoms with Crippen LogP contribution in [-0.2, 0) is 14.3 Å². The molecular formula is C24H24N2O4S. The summed E-state index contributed by atoms with van der Waals surface area (Å²) >= 11 is 1.35. The molecule has 0 bridgehead atoms. The number of nitrogens with zero attached hydrogens (tertiary/aromatic N) is 2. The van der Waals surface area contributed by atoms with Gasteiger partial charge in [-0.2, -0.15) is 5.26 Å². The number of thioether (sulfide) groups is 1. The minimum Gasteiger partial charge on any atom is -0.482 e. The number of Topliss-reactive ketones (excluding diaryl/α,β-unsaturated/α-hetero) is 1. The van der Waals surface area contributed by atoms with Crippen LogP contribution in [0.4, 0.5) is 5.69 Å². The van der Waals surface area contributed by atoms with Crippen LogP contribution in [0.2, 0.25) is 0 Å². The van der Waals surface area contributed by atoms with Crippen LogP contribution in [0.25, 0.3) is 0 Å². The maximum absolute atomic E-state index is 12.5. The van der Waals surface area contributed by atoms with E-state index in [0.717, 1.165) is 16.1 Å². The summed E-state index contributed by atoms with van der Waals surface area (Å²) in [6, 6.07) is 15.3. The fraction of sp³-hybridized carbons (Fsp3) is 0.292. The third-order valence-corrected chi connectivity index (χ3v) is 6.16. The lowest BCUT2D eigenvalue weighted by molar-refractivity contribution is -0.149. The van der Waals surface area contributed by atoms with Gasteiger partial charge in [-0.1, -0.05) is 43.8 Å². The number of para-hydroxylation sites is 1. The second-order valence-electron chi connectivity index (χ2n) is 7.47. The molecule has 7 heteroatoms. The Labute approximate surface area is 186 Å². The minimum absolute atomic E-state index is 0.0303. The number of rotatable bonds is 7. The maximum atomic E-state index is 12.5. The quantitative estimate of drug-likeness (QED) is 0.357. The van der Waals surface area contributed by atoms with E-state index in [1.165, 1.54) is 17.3 Å². The Balaban J connectivity index is 1.57. The number of anilines is 1. The average Bonchev–Trinajstić information content (AvgIpc) is 3.07. The Morgan fingerprint density at radius 1 is 1.16 bits per heavy atom. The van der Waals surface area contributed by atoms with Crippen molar-refractivity contribution in [2.24, 2.45) is 0 Å². The number of hydrogen-bond donors (Lipinski definition) is 0. The number of nitriles is 1. The molecule has 31 heavy (non-hydrogen) atoms. The molecule has 160 valence electrons. The van der Waals surface area contributed by atoms with Crippen molar-refractivity contribution in [1.82, 2.24) is 0 Å². The van der Waals surface area contributed by atoms with E-state index in [2.05, 4.69) is 13.8 Å². The highest BCUT2D eigenvalue weighted by Crippen LogP contribution is 2.46. The zero-order valence-electron chi connectivity index (χ0n) is 18.0. The van der Waals surface area contributed by atoms with Crippen LogP contribution in [0.3, 0.4) is 0 Å². The fourth-order valence-corrected chi connectivity index (χ4v) is 4.50. The fourth-order valence-electron chi connectivity index (χ4n) is 3.34. The number of ether oxygens (including phenoxy) is 2. The van der Waals surface area contributed by atoms with Gasteiger partial charge in [-0.25, -0.2) is 4.79 Å². The molecule has 0 saturated heterocycles. The summed E-state index contributed by atoms with van der Waals surface area (Å²) in [7, 11) is 1.80. The van der Waals surface area contributed by atoms with Gasteiger partial charge in [0, 0.05) is 11.9 Å². The summed E-state index contributed by atoms with van der Waals surface area (Å²) in [5.41, 5.74) is 3.19. The van der Waals surface area contributed by atoms with Crippen LogP contribution >= 0.6 is 11.8 Å². The van der Waals surface area contributed by atoms with Crippen molar-refractivity contribution in [1.29, 1.82) is 5.26 Å². The number of carbonyl (C=O) groups excluding carboxylic acids is 2. The molecule has 0 fully saturated rings. The van der Waals surface area contributed by atoms with Gasteiger partial charge in [0.1, 0.15) is 22.4 Å². The van der Waals surface area contributed by atoms with E-state index in [1.54, 1.807) is 11.9 Å². The normalized spacial score (nSPS) is 14.1. The molecule has 2 aromatic rings. The molecule has 0 radical (unpaired) electrons. The molecule has 1 heterocycles. The summed E-state index contributed by atoms with van der Waals surface area (Å²) in [6.45, 7) is 5.40. The van der Waals surface area contributed by atoms with Gasteiger partial charge in [0.15, 0.2) is 13.2 Å². The molecule has 0 aliphatic carbocycles. The molecule has 0 N–H and O–H groups in total. The Morgan fingerprint density at radius 3 is 2.55 bits per heavy atom. The first-order valence-electron chi connectivity index (χ1n) is 9.89. The molecule has 0 amide bonds. The first kappa shape index (κ1) is 22.4. The second-order valence-corrected chi connectivity index (χ2v) is 8.50. The zero-order chi connectivity index (χ0) is 22.5. The second kappa shape index (κ2) is 9.71. The van der Waals surface area contributed by atoms with E-state index in [0.29, 0.717) is 16.7 Å². The molecule has 1 aliphatic heterocycles. The number of benzene rings is 2. The minimum atomic E-state index is -0.669. The smallest absolute Gasteiger partial charge is 0.344 e. The Morgan fingerprint density at radius 2 is 1.90 bits per heavy atom. The topological polar surface area (TPSA) is 79.6 Å². The number of fused-ring (bicyclic) bond motifs is 1. The lowest BCUT2D eigenvalue weighted by Gasteiger charge is -2.15. The molecule has 0 atom stereocenters. The number of ketones is 1. The number of esters is 1. The van der Waals surface area contributed by atoms with E-state index < -0.39 is 18.4 Å². The Bertz CT molecular complexity index is 1090. The van der Waals surface area contributed by atoms with Gasteiger partial charge in [-0.15, -0.1) is 0 Å².